The van der Waals surface area contributed by atoms with Crippen molar-refractivity contribution in [2.24, 2.45) is 5.73 Å². The van der Waals surface area contributed by atoms with E-state index in [1.165, 1.54) is 0 Å². The van der Waals surface area contributed by atoms with E-state index >= 15 is 0 Å². The maximum atomic E-state index is 11.5. The zero-order chi connectivity index (χ0) is 12.1. The van der Waals surface area contributed by atoms with Crippen molar-refractivity contribution in [3.8, 4) is 0 Å². The number of rotatable bonds is 6. The standard InChI is InChI=1S/C11H24N2O2/c1-10(2,11(3,4)15)13-9(14)7-5-6-8-12/h15H,5-8,12H2,1-4H3,(H,13,14). The molecule has 0 saturated carbocycles. The van der Waals surface area contributed by atoms with Gasteiger partial charge < -0.3 is 16.2 Å². The van der Waals surface area contributed by atoms with Gasteiger partial charge in [0.2, 0.25) is 5.91 Å². The van der Waals surface area contributed by atoms with Gasteiger partial charge in [-0.25, -0.2) is 0 Å². The molecule has 0 saturated heterocycles. The first-order chi connectivity index (χ1) is 6.70. The molecule has 0 spiro atoms. The Bertz CT molecular complexity index is 207. The molecule has 0 fully saturated rings. The van der Waals surface area contributed by atoms with E-state index in [9.17, 15) is 9.90 Å². The first-order valence-corrected chi connectivity index (χ1v) is 5.44. The SMILES string of the molecule is CC(C)(O)C(C)(C)NC(=O)CCCCN. The molecule has 4 nitrogen and oxygen atoms in total. The Kier molecular flexibility index (Phi) is 5.24. The van der Waals surface area contributed by atoms with Gasteiger partial charge in [0.05, 0.1) is 11.1 Å². The molecule has 0 rings (SSSR count). The van der Waals surface area contributed by atoms with Crippen LogP contribution < -0.4 is 11.1 Å². The molecule has 1 amide bonds. The van der Waals surface area contributed by atoms with Crippen LogP contribution in [0.25, 0.3) is 0 Å². The van der Waals surface area contributed by atoms with Crippen molar-refractivity contribution in [1.29, 1.82) is 0 Å². The first kappa shape index (κ1) is 14.4. The molecule has 0 radical (unpaired) electrons. The van der Waals surface area contributed by atoms with Gasteiger partial charge in [-0.05, 0) is 47.1 Å². The molecule has 0 aromatic carbocycles. The highest BCUT2D eigenvalue weighted by Crippen LogP contribution is 2.20. The summed E-state index contributed by atoms with van der Waals surface area (Å²) in [5, 5.41) is 12.7. The van der Waals surface area contributed by atoms with E-state index in [-0.39, 0.29) is 5.91 Å². The van der Waals surface area contributed by atoms with Crippen LogP contribution >= 0.6 is 0 Å². The monoisotopic (exact) mass is 216 g/mol. The molecule has 4 N–H and O–H groups in total. The van der Waals surface area contributed by atoms with Gasteiger partial charge in [0.25, 0.3) is 0 Å². The van der Waals surface area contributed by atoms with Crippen LogP contribution in [0.5, 0.6) is 0 Å². The molecule has 0 aromatic heterocycles. The molecular formula is C11H24N2O2. The van der Waals surface area contributed by atoms with Gasteiger partial charge in [0, 0.05) is 6.42 Å². The van der Waals surface area contributed by atoms with E-state index in [0.29, 0.717) is 13.0 Å². The van der Waals surface area contributed by atoms with Crippen LogP contribution in [0, 0.1) is 0 Å². The minimum absolute atomic E-state index is 0.0319. The molecule has 4 heteroatoms. The van der Waals surface area contributed by atoms with Crippen molar-refractivity contribution in [1.82, 2.24) is 5.32 Å². The van der Waals surface area contributed by atoms with Crippen LogP contribution in [-0.2, 0) is 4.79 Å². The molecule has 0 aliphatic heterocycles. The minimum atomic E-state index is -0.934. The summed E-state index contributed by atoms with van der Waals surface area (Å²) in [5.74, 6) is -0.0319. The molecule has 0 atom stereocenters. The number of nitrogens with one attached hydrogen (secondary N) is 1. The number of carbonyl (C=O) groups excluding carboxylic acids is 1. The van der Waals surface area contributed by atoms with E-state index in [4.69, 9.17) is 5.73 Å². The van der Waals surface area contributed by atoms with Crippen molar-refractivity contribution < 1.29 is 9.90 Å². The summed E-state index contributed by atoms with van der Waals surface area (Å²) in [6.07, 6.45) is 2.12. The predicted octanol–water partition coefficient (Wildman–Crippen LogP) is 0.781. The van der Waals surface area contributed by atoms with Gasteiger partial charge in [0.1, 0.15) is 0 Å². The highest BCUT2D eigenvalue weighted by molar-refractivity contribution is 5.76. The van der Waals surface area contributed by atoms with Crippen LogP contribution in [0.1, 0.15) is 47.0 Å². The number of nitrogens with two attached hydrogens (primary N) is 1. The fourth-order valence-corrected chi connectivity index (χ4v) is 0.994. The van der Waals surface area contributed by atoms with Crippen molar-refractivity contribution >= 4 is 5.91 Å². The molecule has 0 aliphatic rings. The lowest BCUT2D eigenvalue weighted by Crippen LogP contribution is -2.57. The third-order valence-electron chi connectivity index (χ3n) is 2.84. The number of aliphatic hydroxyl groups is 1. The van der Waals surface area contributed by atoms with Crippen molar-refractivity contribution in [2.45, 2.75) is 58.1 Å². The molecular weight excluding hydrogens is 192 g/mol. The van der Waals surface area contributed by atoms with Crippen LogP contribution in [0.4, 0.5) is 0 Å². The van der Waals surface area contributed by atoms with Crippen LogP contribution in [0.3, 0.4) is 0 Å². The van der Waals surface area contributed by atoms with Crippen molar-refractivity contribution in [3.63, 3.8) is 0 Å². The van der Waals surface area contributed by atoms with Crippen LogP contribution in [0.2, 0.25) is 0 Å². The molecule has 0 bridgehead atoms. The third kappa shape index (κ3) is 5.14. The predicted molar refractivity (Wildman–Crippen MR) is 61.4 cm³/mol. The van der Waals surface area contributed by atoms with Gasteiger partial charge in [-0.1, -0.05) is 0 Å². The van der Waals surface area contributed by atoms with Gasteiger partial charge in [0.15, 0.2) is 0 Å². The topological polar surface area (TPSA) is 75.3 Å². The summed E-state index contributed by atoms with van der Waals surface area (Å²) in [7, 11) is 0. The highest BCUT2D eigenvalue weighted by Gasteiger charge is 2.35. The molecule has 0 unspecified atom stereocenters. The van der Waals surface area contributed by atoms with Crippen molar-refractivity contribution in [3.05, 3.63) is 0 Å². The Hall–Kier alpha value is -0.610. The van der Waals surface area contributed by atoms with E-state index < -0.39 is 11.1 Å². The largest absolute Gasteiger partial charge is 0.388 e. The van der Waals surface area contributed by atoms with Gasteiger partial charge in [-0.2, -0.15) is 0 Å². The highest BCUT2D eigenvalue weighted by atomic mass is 16.3. The van der Waals surface area contributed by atoms with E-state index in [0.717, 1.165) is 12.8 Å². The quantitative estimate of drug-likeness (QED) is 0.574. The maximum Gasteiger partial charge on any atom is 0.220 e. The number of hydrogen-bond acceptors (Lipinski definition) is 3. The normalized spacial score (nSPS) is 12.7. The fraction of sp³-hybridized carbons (Fsp3) is 0.909. The lowest BCUT2D eigenvalue weighted by molar-refractivity contribution is -0.126. The van der Waals surface area contributed by atoms with E-state index in [1.54, 1.807) is 13.8 Å². The Morgan fingerprint density at radius 2 is 1.80 bits per heavy atom. The van der Waals surface area contributed by atoms with Crippen LogP contribution in [0.15, 0.2) is 0 Å². The first-order valence-electron chi connectivity index (χ1n) is 5.44. The zero-order valence-corrected chi connectivity index (χ0v) is 10.3. The molecule has 0 heterocycles. The Morgan fingerprint density at radius 3 is 2.20 bits per heavy atom. The average Bonchev–Trinajstić information content (AvgIpc) is 2.01. The Balaban J connectivity index is 4.06. The number of hydrogen-bond donors (Lipinski definition) is 3. The summed E-state index contributed by atoms with van der Waals surface area (Å²) in [6.45, 7) is 7.62. The van der Waals surface area contributed by atoms with Gasteiger partial charge >= 0.3 is 0 Å². The Labute approximate surface area is 92.2 Å². The van der Waals surface area contributed by atoms with E-state index in [2.05, 4.69) is 5.32 Å². The van der Waals surface area contributed by atoms with Gasteiger partial charge in [-0.3, -0.25) is 4.79 Å². The molecule has 0 aromatic rings. The van der Waals surface area contributed by atoms with Crippen molar-refractivity contribution in [2.75, 3.05) is 6.54 Å². The molecule has 0 aliphatic carbocycles. The summed E-state index contributed by atoms with van der Waals surface area (Å²) in [5.41, 5.74) is 3.79. The fourth-order valence-electron chi connectivity index (χ4n) is 0.994. The smallest absolute Gasteiger partial charge is 0.220 e. The second kappa shape index (κ2) is 5.47. The van der Waals surface area contributed by atoms with E-state index in [1.807, 2.05) is 13.8 Å². The second-order valence-electron chi connectivity index (χ2n) is 4.98. The lowest BCUT2D eigenvalue weighted by atomic mass is 9.86. The third-order valence-corrected chi connectivity index (χ3v) is 2.84. The number of carbonyl (C=O) groups is 1. The average molecular weight is 216 g/mol. The summed E-state index contributed by atoms with van der Waals surface area (Å²) < 4.78 is 0. The number of unbranched alkanes of at least 4 members (excludes halogenated alkanes) is 1. The molecule has 90 valence electrons. The maximum absolute atomic E-state index is 11.5. The van der Waals surface area contributed by atoms with Gasteiger partial charge in [-0.15, -0.1) is 0 Å². The van der Waals surface area contributed by atoms with Crippen LogP contribution in [-0.4, -0.2) is 28.7 Å². The Morgan fingerprint density at radius 1 is 1.27 bits per heavy atom. The lowest BCUT2D eigenvalue weighted by Gasteiger charge is -2.38. The summed E-state index contributed by atoms with van der Waals surface area (Å²) in [4.78, 5) is 11.5. The number of amides is 1. The minimum Gasteiger partial charge on any atom is -0.388 e. The summed E-state index contributed by atoms with van der Waals surface area (Å²) in [6, 6.07) is 0. The second-order valence-corrected chi connectivity index (χ2v) is 4.98. The molecule has 15 heavy (non-hydrogen) atoms. The summed E-state index contributed by atoms with van der Waals surface area (Å²) >= 11 is 0. The zero-order valence-electron chi connectivity index (χ0n) is 10.3.